The Labute approximate surface area is 115 Å². The molecule has 0 radical (unpaired) electrons. The van der Waals surface area contributed by atoms with Crippen LogP contribution in [0.1, 0.15) is 31.2 Å². The summed E-state index contributed by atoms with van der Waals surface area (Å²) in [4.78, 5) is 0. The fourth-order valence-corrected chi connectivity index (χ4v) is 2.70. The second kappa shape index (κ2) is 6.41. The smallest absolute Gasteiger partial charge is 0.162 e. The molecule has 1 fully saturated rings. The molecule has 0 aromatic heterocycles. The third-order valence-electron chi connectivity index (χ3n) is 3.20. The topological polar surface area (TPSA) is 50.7 Å². The van der Waals surface area contributed by atoms with Crippen LogP contribution in [0.15, 0.2) is 16.6 Å². The zero-order chi connectivity index (χ0) is 13.0. The maximum Gasteiger partial charge on any atom is 0.162 e. The number of nitrogens with one attached hydrogen (secondary N) is 1. The molecule has 100 valence electrons. The van der Waals surface area contributed by atoms with Gasteiger partial charge in [0.2, 0.25) is 0 Å². The van der Waals surface area contributed by atoms with Gasteiger partial charge in [-0.3, -0.25) is 0 Å². The van der Waals surface area contributed by atoms with E-state index in [9.17, 15) is 0 Å². The summed E-state index contributed by atoms with van der Waals surface area (Å²) in [7, 11) is 1.63. The summed E-state index contributed by atoms with van der Waals surface area (Å²) < 4.78 is 12.2. The van der Waals surface area contributed by atoms with Gasteiger partial charge >= 0.3 is 0 Å². The molecule has 18 heavy (non-hydrogen) atoms. The molecule has 0 aliphatic heterocycles. The standard InChI is InChI=1S/C13H18BrNO3/c1-17-12-6-9(8-15-16)11(14)7-13(12)18-10-4-2-3-5-10/h6-7,10,15-16H,2-5,8H2,1H3. The van der Waals surface area contributed by atoms with Gasteiger partial charge in [0.05, 0.1) is 13.2 Å². The molecule has 0 spiro atoms. The van der Waals surface area contributed by atoms with Crippen LogP contribution in [0.2, 0.25) is 0 Å². The van der Waals surface area contributed by atoms with Gasteiger partial charge < -0.3 is 14.7 Å². The van der Waals surface area contributed by atoms with E-state index in [1.54, 1.807) is 7.11 Å². The van der Waals surface area contributed by atoms with Gasteiger partial charge in [-0.15, -0.1) is 0 Å². The predicted molar refractivity (Wildman–Crippen MR) is 72.2 cm³/mol. The van der Waals surface area contributed by atoms with Crippen molar-refractivity contribution in [2.45, 2.75) is 38.3 Å². The fourth-order valence-electron chi connectivity index (χ4n) is 2.24. The van der Waals surface area contributed by atoms with Crippen molar-refractivity contribution in [3.8, 4) is 11.5 Å². The molecule has 0 atom stereocenters. The molecule has 0 heterocycles. The molecule has 0 unspecified atom stereocenters. The third kappa shape index (κ3) is 3.16. The number of hydrogen-bond acceptors (Lipinski definition) is 4. The molecule has 0 bridgehead atoms. The highest BCUT2D eigenvalue weighted by atomic mass is 79.9. The van der Waals surface area contributed by atoms with Crippen LogP contribution in [-0.2, 0) is 6.54 Å². The molecule has 1 aromatic carbocycles. The lowest BCUT2D eigenvalue weighted by atomic mass is 10.2. The minimum absolute atomic E-state index is 0.299. The molecule has 2 rings (SSSR count). The number of benzene rings is 1. The van der Waals surface area contributed by atoms with Gasteiger partial charge in [0.15, 0.2) is 11.5 Å². The van der Waals surface area contributed by atoms with E-state index in [0.717, 1.165) is 28.6 Å². The Bertz CT molecular complexity index is 405. The number of rotatable bonds is 5. The van der Waals surface area contributed by atoms with E-state index in [1.165, 1.54) is 12.8 Å². The maximum atomic E-state index is 8.76. The Balaban J connectivity index is 2.19. The summed E-state index contributed by atoms with van der Waals surface area (Å²) in [6, 6.07) is 3.78. The Morgan fingerprint density at radius 1 is 1.33 bits per heavy atom. The van der Waals surface area contributed by atoms with Crippen LogP contribution >= 0.6 is 15.9 Å². The predicted octanol–water partition coefficient (Wildman–Crippen LogP) is 3.26. The molecular formula is C13H18BrNO3. The fraction of sp³-hybridized carbons (Fsp3) is 0.538. The van der Waals surface area contributed by atoms with E-state index in [2.05, 4.69) is 21.4 Å². The Kier molecular flexibility index (Phi) is 4.86. The average Bonchev–Trinajstić information content (AvgIpc) is 2.85. The molecule has 2 N–H and O–H groups in total. The highest BCUT2D eigenvalue weighted by Gasteiger charge is 2.19. The Morgan fingerprint density at radius 2 is 2.06 bits per heavy atom. The van der Waals surface area contributed by atoms with E-state index in [1.807, 2.05) is 12.1 Å². The first-order valence-corrected chi connectivity index (χ1v) is 6.94. The number of hydrogen-bond donors (Lipinski definition) is 2. The van der Waals surface area contributed by atoms with Crippen molar-refractivity contribution in [1.82, 2.24) is 5.48 Å². The van der Waals surface area contributed by atoms with Crippen LogP contribution in [0.4, 0.5) is 0 Å². The molecule has 4 nitrogen and oxygen atoms in total. The van der Waals surface area contributed by atoms with E-state index in [0.29, 0.717) is 18.4 Å². The second-order valence-corrected chi connectivity index (χ2v) is 5.31. The molecule has 1 aliphatic carbocycles. The Morgan fingerprint density at radius 3 is 2.67 bits per heavy atom. The molecule has 0 amide bonds. The van der Waals surface area contributed by atoms with Gasteiger partial charge in [-0.25, -0.2) is 5.48 Å². The monoisotopic (exact) mass is 315 g/mol. The molecule has 1 saturated carbocycles. The van der Waals surface area contributed by atoms with Crippen molar-refractivity contribution in [1.29, 1.82) is 0 Å². The summed E-state index contributed by atoms with van der Waals surface area (Å²) in [6.45, 7) is 0.362. The second-order valence-electron chi connectivity index (χ2n) is 4.45. The normalized spacial score (nSPS) is 15.9. The first-order valence-electron chi connectivity index (χ1n) is 6.14. The lowest BCUT2D eigenvalue weighted by molar-refractivity contribution is 0.160. The zero-order valence-corrected chi connectivity index (χ0v) is 12.0. The summed E-state index contributed by atoms with van der Waals surface area (Å²) >= 11 is 3.47. The molecule has 5 heteroatoms. The van der Waals surface area contributed by atoms with E-state index in [4.69, 9.17) is 14.7 Å². The quantitative estimate of drug-likeness (QED) is 0.819. The van der Waals surface area contributed by atoms with Crippen molar-refractivity contribution in [3.05, 3.63) is 22.2 Å². The van der Waals surface area contributed by atoms with Crippen LogP contribution in [-0.4, -0.2) is 18.4 Å². The average molecular weight is 316 g/mol. The SMILES string of the molecule is COc1cc(CNO)c(Br)cc1OC1CCCC1. The molecule has 0 saturated heterocycles. The van der Waals surface area contributed by atoms with E-state index < -0.39 is 0 Å². The number of halogens is 1. The van der Waals surface area contributed by atoms with Gasteiger partial charge in [-0.2, -0.15) is 0 Å². The van der Waals surface area contributed by atoms with Gasteiger partial charge in [0.25, 0.3) is 0 Å². The van der Waals surface area contributed by atoms with Crippen LogP contribution < -0.4 is 15.0 Å². The first-order chi connectivity index (χ1) is 8.74. The van der Waals surface area contributed by atoms with Gasteiger partial charge in [-0.05, 0) is 43.4 Å². The summed E-state index contributed by atoms with van der Waals surface area (Å²) in [5.41, 5.74) is 3.07. The Hall–Kier alpha value is -0.780. The maximum absolute atomic E-state index is 8.76. The molecular weight excluding hydrogens is 298 g/mol. The highest BCUT2D eigenvalue weighted by Crippen LogP contribution is 2.36. The van der Waals surface area contributed by atoms with Crippen LogP contribution in [0.25, 0.3) is 0 Å². The minimum Gasteiger partial charge on any atom is -0.493 e. The van der Waals surface area contributed by atoms with Crippen molar-refractivity contribution in [2.24, 2.45) is 0 Å². The number of hydroxylamine groups is 1. The molecule has 1 aromatic rings. The van der Waals surface area contributed by atoms with Crippen molar-refractivity contribution >= 4 is 15.9 Å². The molecule has 1 aliphatic rings. The van der Waals surface area contributed by atoms with Gasteiger partial charge in [0.1, 0.15) is 0 Å². The van der Waals surface area contributed by atoms with Crippen molar-refractivity contribution in [2.75, 3.05) is 7.11 Å². The van der Waals surface area contributed by atoms with Crippen LogP contribution in [0.3, 0.4) is 0 Å². The summed E-state index contributed by atoms with van der Waals surface area (Å²) in [5.74, 6) is 1.47. The van der Waals surface area contributed by atoms with E-state index >= 15 is 0 Å². The van der Waals surface area contributed by atoms with Crippen molar-refractivity contribution in [3.63, 3.8) is 0 Å². The number of ether oxygens (including phenoxy) is 2. The van der Waals surface area contributed by atoms with Gasteiger partial charge in [0, 0.05) is 11.0 Å². The zero-order valence-electron chi connectivity index (χ0n) is 10.4. The van der Waals surface area contributed by atoms with Crippen LogP contribution in [0.5, 0.6) is 11.5 Å². The number of methoxy groups -OCH3 is 1. The van der Waals surface area contributed by atoms with Crippen LogP contribution in [0, 0.1) is 0 Å². The first kappa shape index (κ1) is 13.6. The summed E-state index contributed by atoms with van der Waals surface area (Å²) in [5, 5.41) is 8.76. The minimum atomic E-state index is 0.299. The lowest BCUT2D eigenvalue weighted by Crippen LogP contribution is -2.12. The third-order valence-corrected chi connectivity index (χ3v) is 3.94. The van der Waals surface area contributed by atoms with E-state index in [-0.39, 0.29) is 0 Å². The van der Waals surface area contributed by atoms with Crippen molar-refractivity contribution < 1.29 is 14.7 Å². The largest absolute Gasteiger partial charge is 0.493 e. The highest BCUT2D eigenvalue weighted by molar-refractivity contribution is 9.10. The van der Waals surface area contributed by atoms with Gasteiger partial charge in [-0.1, -0.05) is 15.9 Å². The lowest BCUT2D eigenvalue weighted by Gasteiger charge is -2.17. The summed E-state index contributed by atoms with van der Waals surface area (Å²) in [6.07, 6.45) is 5.00.